The van der Waals surface area contributed by atoms with Crippen molar-refractivity contribution in [2.45, 2.75) is 52.6 Å². The Balaban J connectivity index is 2.82. The largest absolute Gasteiger partial charge is 0.496 e. The number of benzene rings is 2. The normalized spacial score (nSPS) is 11.3. The Morgan fingerprint density at radius 1 is 1.00 bits per heavy atom. The van der Waals surface area contributed by atoms with Crippen LogP contribution in [0.2, 0.25) is 0 Å². The predicted molar refractivity (Wildman–Crippen MR) is 125 cm³/mol. The molecule has 6 N–H and O–H groups in total. The van der Waals surface area contributed by atoms with Gasteiger partial charge in [0, 0.05) is 47.8 Å². The molecule has 0 unspecified atom stereocenters. The van der Waals surface area contributed by atoms with E-state index >= 15 is 0 Å². The van der Waals surface area contributed by atoms with Crippen molar-refractivity contribution in [2.75, 3.05) is 31.8 Å². The van der Waals surface area contributed by atoms with Gasteiger partial charge in [-0.2, -0.15) is 0 Å². The Morgan fingerprint density at radius 3 is 2.10 bits per heavy atom. The molecule has 0 spiro atoms. The Bertz CT molecular complexity index is 918. The van der Waals surface area contributed by atoms with E-state index < -0.39 is 0 Å². The number of nitrogen functional groups attached to an aromatic ring is 2. The summed E-state index contributed by atoms with van der Waals surface area (Å²) in [6, 6.07) is 7.11. The number of rotatable bonds is 9. The zero-order valence-electron chi connectivity index (χ0n) is 19.1. The smallest absolute Gasteiger partial charge is 0.258 e. The van der Waals surface area contributed by atoms with E-state index in [0.717, 1.165) is 5.56 Å². The highest BCUT2D eigenvalue weighted by Gasteiger charge is 2.28. The number of aliphatic hydroxyl groups excluding tert-OH is 2. The lowest BCUT2D eigenvalue weighted by Gasteiger charge is -2.32. The van der Waals surface area contributed by atoms with Crippen LogP contribution in [-0.2, 0) is 12.8 Å². The molecule has 7 heteroatoms. The monoisotopic (exact) mass is 429 g/mol. The van der Waals surface area contributed by atoms with Gasteiger partial charge in [0.2, 0.25) is 0 Å². The van der Waals surface area contributed by atoms with Gasteiger partial charge in [0.05, 0.1) is 12.7 Å². The average Bonchev–Trinajstić information content (AvgIpc) is 2.71. The van der Waals surface area contributed by atoms with Gasteiger partial charge in [0.1, 0.15) is 5.75 Å². The molecular weight excluding hydrogens is 394 g/mol. The second kappa shape index (κ2) is 10.5. The molecule has 2 rings (SSSR count). The number of nitrogens with two attached hydrogens (primary N) is 2. The Labute approximate surface area is 184 Å². The van der Waals surface area contributed by atoms with Crippen LogP contribution in [0.15, 0.2) is 24.3 Å². The van der Waals surface area contributed by atoms with Crippen LogP contribution in [0.25, 0.3) is 11.1 Å². The van der Waals surface area contributed by atoms with Crippen molar-refractivity contribution >= 4 is 17.3 Å². The SMILES string of the molecule is COc1cccc(-c2cc(N)c(CCO)c(CCO)c2N)c1C(=O)N(C(C)C)C(C)C. The summed E-state index contributed by atoms with van der Waals surface area (Å²) in [4.78, 5) is 15.5. The van der Waals surface area contributed by atoms with E-state index in [9.17, 15) is 15.0 Å². The summed E-state index contributed by atoms with van der Waals surface area (Å²) in [5.41, 5.74) is 16.8. The Kier molecular flexibility index (Phi) is 8.30. The van der Waals surface area contributed by atoms with Crippen molar-refractivity contribution in [3.63, 3.8) is 0 Å². The van der Waals surface area contributed by atoms with Gasteiger partial charge in [-0.25, -0.2) is 0 Å². The van der Waals surface area contributed by atoms with Gasteiger partial charge in [-0.05, 0) is 63.8 Å². The van der Waals surface area contributed by atoms with Crippen molar-refractivity contribution in [2.24, 2.45) is 0 Å². The molecule has 0 radical (unpaired) electrons. The van der Waals surface area contributed by atoms with Gasteiger partial charge in [-0.1, -0.05) is 12.1 Å². The highest BCUT2D eigenvalue weighted by atomic mass is 16.5. The molecule has 0 aliphatic heterocycles. The van der Waals surface area contributed by atoms with Gasteiger partial charge >= 0.3 is 0 Å². The van der Waals surface area contributed by atoms with E-state index in [0.29, 0.717) is 52.2 Å². The first-order valence-corrected chi connectivity index (χ1v) is 10.6. The van der Waals surface area contributed by atoms with E-state index in [-0.39, 0.29) is 31.2 Å². The first-order valence-electron chi connectivity index (χ1n) is 10.6. The second-order valence-electron chi connectivity index (χ2n) is 8.11. The molecule has 0 atom stereocenters. The van der Waals surface area contributed by atoms with E-state index in [1.807, 2.05) is 39.8 Å². The van der Waals surface area contributed by atoms with Crippen molar-refractivity contribution in [3.05, 3.63) is 41.0 Å². The second-order valence-corrected chi connectivity index (χ2v) is 8.11. The first kappa shape index (κ1) is 24.5. The number of carbonyl (C=O) groups is 1. The van der Waals surface area contributed by atoms with Crippen LogP contribution >= 0.6 is 0 Å². The van der Waals surface area contributed by atoms with Crippen molar-refractivity contribution in [1.82, 2.24) is 4.90 Å². The maximum atomic E-state index is 13.7. The number of methoxy groups -OCH3 is 1. The first-order chi connectivity index (χ1) is 14.7. The molecule has 2 aromatic carbocycles. The van der Waals surface area contributed by atoms with E-state index in [1.165, 1.54) is 7.11 Å². The van der Waals surface area contributed by atoms with E-state index in [4.69, 9.17) is 16.2 Å². The number of hydrogen-bond donors (Lipinski definition) is 4. The number of nitrogens with zero attached hydrogens (tertiary/aromatic N) is 1. The molecule has 7 nitrogen and oxygen atoms in total. The molecule has 0 fully saturated rings. The number of hydrogen-bond acceptors (Lipinski definition) is 6. The lowest BCUT2D eigenvalue weighted by molar-refractivity contribution is 0.0641. The zero-order chi connectivity index (χ0) is 23.3. The van der Waals surface area contributed by atoms with E-state index in [2.05, 4.69) is 0 Å². The van der Waals surface area contributed by atoms with Crippen LogP contribution in [0.5, 0.6) is 5.75 Å². The Morgan fingerprint density at radius 2 is 1.58 bits per heavy atom. The van der Waals surface area contributed by atoms with Crippen molar-refractivity contribution < 1.29 is 19.7 Å². The topological polar surface area (TPSA) is 122 Å². The minimum absolute atomic E-state index is 0.00967. The fourth-order valence-corrected chi connectivity index (χ4v) is 4.19. The van der Waals surface area contributed by atoms with E-state index in [1.54, 1.807) is 17.0 Å². The number of anilines is 2. The van der Waals surface area contributed by atoms with Gasteiger partial charge < -0.3 is 31.3 Å². The lowest BCUT2D eigenvalue weighted by Crippen LogP contribution is -2.42. The van der Waals surface area contributed by atoms with Crippen LogP contribution in [0.4, 0.5) is 11.4 Å². The molecule has 0 saturated carbocycles. The molecule has 0 aliphatic carbocycles. The molecule has 0 saturated heterocycles. The third kappa shape index (κ3) is 4.94. The third-order valence-corrected chi connectivity index (χ3v) is 5.45. The van der Waals surface area contributed by atoms with Crippen LogP contribution in [0, 0.1) is 0 Å². The number of carbonyl (C=O) groups excluding carboxylic acids is 1. The molecule has 1 amide bonds. The quantitative estimate of drug-likeness (QED) is 0.455. The molecule has 31 heavy (non-hydrogen) atoms. The summed E-state index contributed by atoms with van der Waals surface area (Å²) in [7, 11) is 1.53. The summed E-state index contributed by atoms with van der Waals surface area (Å²) < 4.78 is 5.56. The Hall–Kier alpha value is -2.77. The minimum Gasteiger partial charge on any atom is -0.496 e. The van der Waals surface area contributed by atoms with Gasteiger partial charge in [-0.3, -0.25) is 4.79 Å². The highest BCUT2D eigenvalue weighted by Crippen LogP contribution is 2.40. The summed E-state index contributed by atoms with van der Waals surface area (Å²) >= 11 is 0. The van der Waals surface area contributed by atoms with Crippen LogP contribution in [-0.4, -0.2) is 53.4 Å². The van der Waals surface area contributed by atoms with Crippen LogP contribution in [0.1, 0.15) is 49.2 Å². The molecule has 0 bridgehead atoms. The molecule has 0 heterocycles. The lowest BCUT2D eigenvalue weighted by atomic mass is 9.89. The summed E-state index contributed by atoms with van der Waals surface area (Å²) in [6.07, 6.45) is 0.639. The van der Waals surface area contributed by atoms with Gasteiger partial charge in [0.15, 0.2) is 0 Å². The molecule has 2 aromatic rings. The summed E-state index contributed by atoms with van der Waals surface area (Å²) in [5, 5.41) is 19.0. The van der Waals surface area contributed by atoms with Crippen LogP contribution < -0.4 is 16.2 Å². The van der Waals surface area contributed by atoms with Crippen molar-refractivity contribution in [1.29, 1.82) is 0 Å². The maximum Gasteiger partial charge on any atom is 0.258 e. The standard InChI is InChI=1S/C24H35N3O4/c1-14(2)27(15(3)4)24(30)22-17(7-6-8-21(22)31-5)19-13-20(25)16(9-11-28)18(10-12-29)23(19)26/h6-8,13-15,28-29H,9-12,25-26H2,1-5H3. The maximum absolute atomic E-state index is 13.7. The molecule has 0 aromatic heterocycles. The fourth-order valence-electron chi connectivity index (χ4n) is 4.19. The van der Waals surface area contributed by atoms with Gasteiger partial charge in [0.25, 0.3) is 5.91 Å². The zero-order valence-corrected chi connectivity index (χ0v) is 19.1. The average molecular weight is 430 g/mol. The highest BCUT2D eigenvalue weighted by molar-refractivity contribution is 6.05. The number of amides is 1. The number of aliphatic hydroxyl groups is 2. The fraction of sp³-hybridized carbons (Fsp3) is 0.458. The predicted octanol–water partition coefficient (Wildman–Crippen LogP) is 2.86. The molecular formula is C24H35N3O4. The van der Waals surface area contributed by atoms with Gasteiger partial charge in [-0.15, -0.1) is 0 Å². The minimum atomic E-state index is -0.154. The molecule has 0 aliphatic rings. The summed E-state index contributed by atoms with van der Waals surface area (Å²) in [6.45, 7) is 7.71. The third-order valence-electron chi connectivity index (χ3n) is 5.45. The van der Waals surface area contributed by atoms with Crippen LogP contribution in [0.3, 0.4) is 0 Å². The molecule has 170 valence electrons. The summed E-state index contributed by atoms with van der Waals surface area (Å²) in [5.74, 6) is 0.300. The number of ether oxygens (including phenoxy) is 1. The van der Waals surface area contributed by atoms with Crippen molar-refractivity contribution in [3.8, 4) is 16.9 Å².